The second-order valence-electron chi connectivity index (χ2n) is 6.72. The highest BCUT2D eigenvalue weighted by atomic mass is 32.1. The van der Waals surface area contributed by atoms with Gasteiger partial charge in [-0.15, -0.1) is 11.3 Å². The monoisotopic (exact) mass is 455 g/mol. The van der Waals surface area contributed by atoms with Gasteiger partial charge in [-0.05, 0) is 35.7 Å². The summed E-state index contributed by atoms with van der Waals surface area (Å²) < 4.78 is 15.5. The summed E-state index contributed by atoms with van der Waals surface area (Å²) in [5.41, 5.74) is 0.288. The number of thiophene rings is 1. The Morgan fingerprint density at radius 1 is 1.31 bits per heavy atom. The smallest absolute Gasteiger partial charge is 0.338 e. The van der Waals surface area contributed by atoms with Crippen LogP contribution in [0.1, 0.15) is 33.5 Å². The van der Waals surface area contributed by atoms with Crippen LogP contribution in [-0.2, 0) is 9.53 Å². The van der Waals surface area contributed by atoms with Crippen LogP contribution in [-0.4, -0.2) is 41.2 Å². The van der Waals surface area contributed by atoms with Gasteiger partial charge in [-0.25, -0.2) is 9.80 Å². The first-order valence-corrected chi connectivity index (χ1v) is 10.3. The lowest BCUT2D eigenvalue weighted by Gasteiger charge is -2.20. The maximum Gasteiger partial charge on any atom is 0.338 e. The zero-order valence-corrected chi connectivity index (χ0v) is 17.6. The fraction of sp³-hybridized carbons (Fsp3) is 0.190. The number of hydrogen-bond donors (Lipinski definition) is 0. The molecule has 0 N–H and O–H groups in total. The molecule has 0 fully saturated rings. The molecule has 11 heteroatoms. The largest absolute Gasteiger partial charge is 0.477 e. The predicted molar refractivity (Wildman–Crippen MR) is 114 cm³/mol. The molecule has 1 aliphatic rings. The molecule has 3 aromatic rings. The molecule has 0 radical (unpaired) electrons. The van der Waals surface area contributed by atoms with Crippen molar-refractivity contribution in [3.8, 4) is 5.75 Å². The Balaban J connectivity index is 1.54. The van der Waals surface area contributed by atoms with Crippen LogP contribution in [0.2, 0.25) is 0 Å². The molecule has 2 aromatic heterocycles. The molecule has 164 valence electrons. The van der Waals surface area contributed by atoms with Gasteiger partial charge in [0.05, 0.1) is 34.4 Å². The molecular weight excluding hydrogens is 438 g/mol. The number of nitro groups is 1. The van der Waals surface area contributed by atoms with E-state index in [-0.39, 0.29) is 11.3 Å². The highest BCUT2D eigenvalue weighted by Crippen LogP contribution is 2.34. The van der Waals surface area contributed by atoms with Gasteiger partial charge in [0.2, 0.25) is 0 Å². The summed E-state index contributed by atoms with van der Waals surface area (Å²) in [6.45, 7) is -0.489. The van der Waals surface area contributed by atoms with Gasteiger partial charge in [0.25, 0.3) is 5.91 Å². The molecule has 1 aromatic carbocycles. The van der Waals surface area contributed by atoms with Gasteiger partial charge in [-0.1, -0.05) is 6.07 Å². The normalized spacial score (nSPS) is 15.3. The predicted octanol–water partition coefficient (Wildman–Crippen LogP) is 3.79. The lowest BCUT2D eigenvalue weighted by molar-refractivity contribution is -0.385. The number of nitrogens with zero attached hydrogens (tertiary/aromatic N) is 3. The van der Waals surface area contributed by atoms with E-state index in [1.165, 1.54) is 41.9 Å². The summed E-state index contributed by atoms with van der Waals surface area (Å²) in [4.78, 5) is 36.3. The highest BCUT2D eigenvalue weighted by Gasteiger charge is 2.35. The summed E-state index contributed by atoms with van der Waals surface area (Å²) in [6, 6.07) is 10.5. The zero-order chi connectivity index (χ0) is 22.7. The molecule has 0 saturated heterocycles. The van der Waals surface area contributed by atoms with Crippen LogP contribution in [0.25, 0.3) is 0 Å². The number of hydrazone groups is 1. The third-order valence-corrected chi connectivity index (χ3v) is 5.69. The molecule has 10 nitrogen and oxygen atoms in total. The van der Waals surface area contributed by atoms with Gasteiger partial charge in [0.1, 0.15) is 11.8 Å². The average Bonchev–Trinajstić information content (AvgIpc) is 3.56. The van der Waals surface area contributed by atoms with Crippen molar-refractivity contribution in [2.75, 3.05) is 13.7 Å². The van der Waals surface area contributed by atoms with Gasteiger partial charge >= 0.3 is 11.7 Å². The van der Waals surface area contributed by atoms with Crippen LogP contribution < -0.4 is 4.74 Å². The van der Waals surface area contributed by atoms with Crippen LogP contribution in [0.5, 0.6) is 5.75 Å². The maximum absolute atomic E-state index is 13.0. The summed E-state index contributed by atoms with van der Waals surface area (Å²) in [5.74, 6) is -0.789. The van der Waals surface area contributed by atoms with Crippen molar-refractivity contribution < 1.29 is 28.4 Å². The lowest BCUT2D eigenvalue weighted by atomic mass is 10.1. The Hall–Kier alpha value is -3.99. The number of ether oxygens (including phenoxy) is 2. The van der Waals surface area contributed by atoms with E-state index in [4.69, 9.17) is 9.15 Å². The van der Waals surface area contributed by atoms with Crippen LogP contribution in [0, 0.1) is 10.1 Å². The summed E-state index contributed by atoms with van der Waals surface area (Å²) in [5, 5.41) is 19.1. The Kier molecular flexibility index (Phi) is 5.99. The van der Waals surface area contributed by atoms with Crippen molar-refractivity contribution in [1.29, 1.82) is 0 Å². The number of carbonyl (C=O) groups is 2. The molecule has 0 aliphatic carbocycles. The quantitative estimate of drug-likeness (QED) is 0.301. The summed E-state index contributed by atoms with van der Waals surface area (Å²) >= 11 is 1.51. The molecule has 0 spiro atoms. The average molecular weight is 455 g/mol. The number of hydrogen-bond acceptors (Lipinski definition) is 9. The Morgan fingerprint density at radius 3 is 2.81 bits per heavy atom. The van der Waals surface area contributed by atoms with Crippen LogP contribution in [0.15, 0.2) is 63.6 Å². The molecule has 1 atom stereocenters. The molecule has 1 amide bonds. The van der Waals surface area contributed by atoms with Crippen molar-refractivity contribution in [1.82, 2.24) is 5.01 Å². The minimum absolute atomic E-state index is 0.000456. The Labute approximate surface area is 185 Å². The van der Waals surface area contributed by atoms with E-state index in [1.54, 1.807) is 12.1 Å². The molecule has 3 heterocycles. The van der Waals surface area contributed by atoms with Gasteiger partial charge < -0.3 is 13.9 Å². The Bertz CT molecular complexity index is 1170. The standard InChI is InChI=1S/C21H17N3O7S/c1-29-21(26)13-6-7-18(16(10-13)24(27)28)31-12-20(25)23-15(17-4-2-8-30-17)11-14(22-23)19-5-3-9-32-19/h2-10,15H,11-12H2,1H3. The number of nitro benzene ring substituents is 1. The van der Waals surface area contributed by atoms with E-state index in [9.17, 15) is 19.7 Å². The number of esters is 1. The van der Waals surface area contributed by atoms with E-state index >= 15 is 0 Å². The van der Waals surface area contributed by atoms with E-state index in [0.717, 1.165) is 16.7 Å². The van der Waals surface area contributed by atoms with Crippen molar-refractivity contribution in [2.45, 2.75) is 12.5 Å². The number of amides is 1. The maximum atomic E-state index is 13.0. The van der Waals surface area contributed by atoms with E-state index in [2.05, 4.69) is 9.84 Å². The second kappa shape index (κ2) is 9.02. The van der Waals surface area contributed by atoms with Crippen LogP contribution in [0.4, 0.5) is 5.69 Å². The van der Waals surface area contributed by atoms with Gasteiger partial charge in [-0.2, -0.15) is 5.10 Å². The molecule has 1 unspecified atom stereocenters. The van der Waals surface area contributed by atoms with E-state index in [0.29, 0.717) is 12.2 Å². The number of methoxy groups -OCH3 is 1. The second-order valence-corrected chi connectivity index (χ2v) is 7.67. The molecule has 0 saturated carbocycles. The third-order valence-electron chi connectivity index (χ3n) is 4.77. The van der Waals surface area contributed by atoms with Crippen molar-refractivity contribution in [3.05, 3.63) is 80.4 Å². The topological polar surface area (TPSA) is 124 Å². The lowest BCUT2D eigenvalue weighted by Crippen LogP contribution is -2.31. The number of rotatable bonds is 7. The highest BCUT2D eigenvalue weighted by molar-refractivity contribution is 7.12. The van der Waals surface area contributed by atoms with Gasteiger partial charge in [0, 0.05) is 12.5 Å². The molecule has 4 rings (SSSR count). The van der Waals surface area contributed by atoms with Gasteiger partial charge in [-0.3, -0.25) is 14.9 Å². The molecular formula is C21H17N3O7S. The minimum Gasteiger partial charge on any atom is -0.477 e. The van der Waals surface area contributed by atoms with E-state index < -0.39 is 35.1 Å². The molecule has 0 bridgehead atoms. The van der Waals surface area contributed by atoms with E-state index in [1.807, 2.05) is 17.5 Å². The first-order chi connectivity index (χ1) is 15.5. The Morgan fingerprint density at radius 2 is 2.16 bits per heavy atom. The minimum atomic E-state index is -0.718. The zero-order valence-electron chi connectivity index (χ0n) is 16.8. The fourth-order valence-corrected chi connectivity index (χ4v) is 3.99. The SMILES string of the molecule is COC(=O)c1ccc(OCC(=O)N2N=C(c3cccs3)CC2c2ccco2)c([N+](=O)[O-])c1. The first-order valence-electron chi connectivity index (χ1n) is 9.44. The first kappa shape index (κ1) is 21.2. The molecule has 32 heavy (non-hydrogen) atoms. The van der Waals surface area contributed by atoms with Crippen molar-refractivity contribution >= 4 is 34.6 Å². The van der Waals surface area contributed by atoms with Gasteiger partial charge in [0.15, 0.2) is 12.4 Å². The molecule has 1 aliphatic heterocycles. The van der Waals surface area contributed by atoms with Crippen molar-refractivity contribution in [2.24, 2.45) is 5.10 Å². The summed E-state index contributed by atoms with van der Waals surface area (Å²) in [7, 11) is 1.17. The number of carbonyl (C=O) groups excluding carboxylic acids is 2. The third kappa shape index (κ3) is 4.23. The van der Waals surface area contributed by atoms with Crippen LogP contribution in [0.3, 0.4) is 0 Å². The fourth-order valence-electron chi connectivity index (χ4n) is 3.27. The number of benzene rings is 1. The summed E-state index contributed by atoms with van der Waals surface area (Å²) in [6.07, 6.45) is 1.98. The van der Waals surface area contributed by atoms with Crippen molar-refractivity contribution in [3.63, 3.8) is 0 Å². The number of furan rings is 1. The van der Waals surface area contributed by atoms with Crippen LogP contribution >= 0.6 is 11.3 Å².